The van der Waals surface area contributed by atoms with Crippen molar-refractivity contribution in [2.75, 3.05) is 13.7 Å². The van der Waals surface area contributed by atoms with Crippen LogP contribution in [0.3, 0.4) is 0 Å². The number of esters is 1. The lowest BCUT2D eigenvalue weighted by atomic mass is 9.96. The normalized spacial score (nSPS) is 29.0. The van der Waals surface area contributed by atoms with Gasteiger partial charge in [-0.1, -0.05) is 19.1 Å². The molecular formula is C18H23NO4. The third-order valence-corrected chi connectivity index (χ3v) is 4.94. The van der Waals surface area contributed by atoms with Gasteiger partial charge in [-0.15, -0.1) is 0 Å². The van der Waals surface area contributed by atoms with Gasteiger partial charge < -0.3 is 14.4 Å². The minimum atomic E-state index is -0.163. The lowest BCUT2D eigenvalue weighted by molar-refractivity contribution is -0.145. The third-order valence-electron chi connectivity index (χ3n) is 4.94. The predicted octanol–water partition coefficient (Wildman–Crippen LogP) is 2.24. The number of hydrogen-bond acceptors (Lipinski definition) is 4. The minimum Gasteiger partial charge on any atom is -0.497 e. The molecule has 1 saturated heterocycles. The Hall–Kier alpha value is -2.04. The molecule has 0 N–H and O–H groups in total. The summed E-state index contributed by atoms with van der Waals surface area (Å²) in [6.45, 7) is 4.79. The summed E-state index contributed by atoms with van der Waals surface area (Å²) in [5.41, 5.74) is 1.04. The van der Waals surface area contributed by atoms with E-state index in [-0.39, 0.29) is 35.7 Å². The third kappa shape index (κ3) is 2.92. The van der Waals surface area contributed by atoms with Crippen LogP contribution in [-0.4, -0.2) is 36.5 Å². The van der Waals surface area contributed by atoms with Crippen LogP contribution in [0.5, 0.6) is 5.75 Å². The molecule has 0 bridgehead atoms. The number of benzene rings is 1. The van der Waals surface area contributed by atoms with Crippen molar-refractivity contribution < 1.29 is 19.1 Å². The van der Waals surface area contributed by atoms with Gasteiger partial charge in [0.15, 0.2) is 0 Å². The van der Waals surface area contributed by atoms with E-state index in [0.29, 0.717) is 19.6 Å². The zero-order chi connectivity index (χ0) is 16.6. The summed E-state index contributed by atoms with van der Waals surface area (Å²) in [6.07, 6.45) is 0.507. The van der Waals surface area contributed by atoms with Gasteiger partial charge in [0.05, 0.1) is 19.6 Å². The fourth-order valence-corrected chi connectivity index (χ4v) is 3.76. The number of nitrogens with zero attached hydrogens (tertiary/aromatic N) is 1. The lowest BCUT2D eigenvalue weighted by Gasteiger charge is -2.29. The summed E-state index contributed by atoms with van der Waals surface area (Å²) in [7, 11) is 1.63. The molecule has 2 fully saturated rings. The van der Waals surface area contributed by atoms with Gasteiger partial charge in [0, 0.05) is 19.0 Å². The quantitative estimate of drug-likeness (QED) is 0.782. The van der Waals surface area contributed by atoms with Gasteiger partial charge in [-0.05, 0) is 36.5 Å². The number of carbonyl (C=O) groups excluding carboxylic acids is 2. The van der Waals surface area contributed by atoms with Gasteiger partial charge in [0.1, 0.15) is 5.75 Å². The maximum Gasteiger partial charge on any atom is 0.311 e. The molecule has 0 unspecified atom stereocenters. The van der Waals surface area contributed by atoms with Crippen LogP contribution in [0.15, 0.2) is 24.3 Å². The van der Waals surface area contributed by atoms with E-state index in [1.165, 1.54) is 0 Å². The van der Waals surface area contributed by atoms with E-state index in [2.05, 4.69) is 6.92 Å². The monoisotopic (exact) mass is 317 g/mol. The van der Waals surface area contributed by atoms with Crippen molar-refractivity contribution in [2.24, 2.45) is 17.8 Å². The summed E-state index contributed by atoms with van der Waals surface area (Å²) < 4.78 is 10.3. The first kappa shape index (κ1) is 15.8. The molecule has 2 aliphatic rings. The summed E-state index contributed by atoms with van der Waals surface area (Å²) in [5, 5.41) is 0. The number of piperidine rings is 1. The summed E-state index contributed by atoms with van der Waals surface area (Å²) >= 11 is 0. The largest absolute Gasteiger partial charge is 0.497 e. The average molecular weight is 317 g/mol. The number of carbonyl (C=O) groups is 2. The number of ether oxygens (including phenoxy) is 2. The van der Waals surface area contributed by atoms with Crippen LogP contribution in [0.2, 0.25) is 0 Å². The molecule has 1 aliphatic carbocycles. The van der Waals surface area contributed by atoms with E-state index < -0.39 is 0 Å². The SMILES string of the molecule is CCOC(=O)[C@@H]1[C@@H]2[C@H]1N(Cc1ccc(OC)cc1)C(=O)C[C@@H]2C. The second kappa shape index (κ2) is 6.22. The van der Waals surface area contributed by atoms with Gasteiger partial charge in [-0.25, -0.2) is 0 Å². The molecule has 124 valence electrons. The van der Waals surface area contributed by atoms with Crippen molar-refractivity contribution >= 4 is 11.9 Å². The van der Waals surface area contributed by atoms with Crippen LogP contribution < -0.4 is 4.74 Å². The van der Waals surface area contributed by atoms with E-state index in [0.717, 1.165) is 11.3 Å². The Morgan fingerprint density at radius 1 is 1.30 bits per heavy atom. The zero-order valence-electron chi connectivity index (χ0n) is 13.8. The highest BCUT2D eigenvalue weighted by molar-refractivity contribution is 5.84. The molecule has 1 saturated carbocycles. The molecule has 0 radical (unpaired) electrons. The molecule has 1 amide bonds. The van der Waals surface area contributed by atoms with Crippen LogP contribution in [0.4, 0.5) is 0 Å². The Labute approximate surface area is 136 Å². The Morgan fingerprint density at radius 3 is 2.61 bits per heavy atom. The molecule has 1 aliphatic heterocycles. The van der Waals surface area contributed by atoms with E-state index >= 15 is 0 Å². The van der Waals surface area contributed by atoms with Crippen molar-refractivity contribution in [3.63, 3.8) is 0 Å². The highest BCUT2D eigenvalue weighted by atomic mass is 16.5. The van der Waals surface area contributed by atoms with Gasteiger partial charge in [-0.3, -0.25) is 9.59 Å². The van der Waals surface area contributed by atoms with Crippen molar-refractivity contribution in [3.8, 4) is 5.75 Å². The van der Waals surface area contributed by atoms with Crippen LogP contribution >= 0.6 is 0 Å². The summed E-state index contributed by atoms with van der Waals surface area (Å²) in [4.78, 5) is 26.4. The molecule has 5 heteroatoms. The maximum atomic E-state index is 12.4. The first-order valence-electron chi connectivity index (χ1n) is 8.15. The maximum absolute atomic E-state index is 12.4. The number of hydrogen-bond donors (Lipinski definition) is 0. The molecule has 0 spiro atoms. The molecule has 5 nitrogen and oxygen atoms in total. The number of fused-ring (bicyclic) bond motifs is 1. The van der Waals surface area contributed by atoms with Crippen LogP contribution in [-0.2, 0) is 20.9 Å². The van der Waals surface area contributed by atoms with Gasteiger partial charge in [0.25, 0.3) is 0 Å². The molecule has 23 heavy (non-hydrogen) atoms. The summed E-state index contributed by atoms with van der Waals surface area (Å²) in [5.74, 6) is 1.08. The van der Waals surface area contributed by atoms with Gasteiger partial charge in [-0.2, -0.15) is 0 Å². The highest BCUT2D eigenvalue weighted by Crippen LogP contribution is 2.53. The lowest BCUT2D eigenvalue weighted by Crippen LogP contribution is -2.39. The van der Waals surface area contributed by atoms with Crippen molar-refractivity contribution in [1.29, 1.82) is 0 Å². The highest BCUT2D eigenvalue weighted by Gasteiger charge is 2.64. The standard InChI is InChI=1S/C18H23NO4/c1-4-23-18(21)16-15-11(2)9-14(20)19(17(15)16)10-12-5-7-13(22-3)8-6-12/h5-8,11,15-17H,4,9-10H2,1-3H3/t11-,15+,16+,17+/m0/s1. The first-order chi connectivity index (χ1) is 11.1. The van der Waals surface area contributed by atoms with E-state index in [1.807, 2.05) is 36.1 Å². The van der Waals surface area contributed by atoms with E-state index in [9.17, 15) is 9.59 Å². The van der Waals surface area contributed by atoms with Gasteiger partial charge >= 0.3 is 5.97 Å². The number of methoxy groups -OCH3 is 1. The van der Waals surface area contributed by atoms with E-state index in [1.54, 1.807) is 7.11 Å². The minimum absolute atomic E-state index is 0.00704. The molecule has 1 aromatic rings. The topological polar surface area (TPSA) is 55.8 Å². The molecule has 4 atom stereocenters. The Balaban J connectivity index is 1.75. The zero-order valence-corrected chi connectivity index (χ0v) is 13.8. The second-order valence-electron chi connectivity index (χ2n) is 6.40. The van der Waals surface area contributed by atoms with Crippen LogP contribution in [0.25, 0.3) is 0 Å². The van der Waals surface area contributed by atoms with Crippen molar-refractivity contribution in [1.82, 2.24) is 4.90 Å². The van der Waals surface area contributed by atoms with Crippen LogP contribution in [0.1, 0.15) is 25.8 Å². The van der Waals surface area contributed by atoms with Crippen LogP contribution in [0, 0.1) is 17.8 Å². The molecular weight excluding hydrogens is 294 g/mol. The second-order valence-corrected chi connectivity index (χ2v) is 6.40. The molecule has 3 rings (SSSR count). The smallest absolute Gasteiger partial charge is 0.311 e. The summed E-state index contributed by atoms with van der Waals surface area (Å²) in [6, 6.07) is 7.69. The predicted molar refractivity (Wildman–Crippen MR) is 84.7 cm³/mol. The average Bonchev–Trinajstić information content (AvgIpc) is 3.28. The molecule has 1 heterocycles. The number of rotatable bonds is 5. The Bertz CT molecular complexity index is 598. The Morgan fingerprint density at radius 2 is 2.00 bits per heavy atom. The van der Waals surface area contributed by atoms with Gasteiger partial charge in [0.2, 0.25) is 5.91 Å². The molecule has 0 aromatic heterocycles. The number of amides is 1. The fourth-order valence-electron chi connectivity index (χ4n) is 3.76. The molecule has 1 aromatic carbocycles. The van der Waals surface area contributed by atoms with Crippen molar-refractivity contribution in [3.05, 3.63) is 29.8 Å². The van der Waals surface area contributed by atoms with Crippen molar-refractivity contribution in [2.45, 2.75) is 32.9 Å². The first-order valence-corrected chi connectivity index (χ1v) is 8.15. The van der Waals surface area contributed by atoms with E-state index in [4.69, 9.17) is 9.47 Å². The Kier molecular flexibility index (Phi) is 4.28. The fraction of sp³-hybridized carbons (Fsp3) is 0.556. The number of likely N-dealkylation sites (tertiary alicyclic amines) is 1.